The molecule has 0 aliphatic carbocycles. The van der Waals surface area contributed by atoms with Crippen molar-refractivity contribution in [3.63, 3.8) is 0 Å². The number of esters is 1. The molecule has 1 heterocycles. The van der Waals surface area contributed by atoms with E-state index in [2.05, 4.69) is 81.1 Å². The first-order chi connectivity index (χ1) is 18.4. The smallest absolute Gasteiger partial charge is 0.468 e. The lowest BCUT2D eigenvalue weighted by Gasteiger charge is -2.32. The number of hydrogen-bond acceptors (Lipinski definition) is 6. The molecule has 39 heavy (non-hydrogen) atoms. The summed E-state index contributed by atoms with van der Waals surface area (Å²) in [4.78, 5) is 20.3. The van der Waals surface area contributed by atoms with Gasteiger partial charge in [-0.25, -0.2) is 4.39 Å². The third-order valence-corrected chi connectivity index (χ3v) is 6.62. The summed E-state index contributed by atoms with van der Waals surface area (Å²) < 4.78 is 29.3. The van der Waals surface area contributed by atoms with Crippen LogP contribution in [-0.2, 0) is 18.8 Å². The first-order valence-electron chi connectivity index (χ1n) is 13.1. The number of carbonyl (C=O) groups is 2. The largest absolute Gasteiger partial charge is 0.495 e. The lowest BCUT2D eigenvalue weighted by molar-refractivity contribution is -0.139. The number of fused-ring (bicyclic) bond motifs is 1. The molecule has 1 fully saturated rings. The van der Waals surface area contributed by atoms with Gasteiger partial charge >= 0.3 is 13.1 Å². The fraction of sp³-hybridized carbons (Fsp3) is 0.419. The van der Waals surface area contributed by atoms with E-state index in [4.69, 9.17) is 9.31 Å². The summed E-state index contributed by atoms with van der Waals surface area (Å²) in [5.74, 6) is -0.683. The van der Waals surface area contributed by atoms with Gasteiger partial charge in [0.2, 0.25) is 0 Å². The highest BCUT2D eigenvalue weighted by molar-refractivity contribution is 6.65. The van der Waals surface area contributed by atoms with Gasteiger partial charge in [-0.1, -0.05) is 62.4 Å². The molecule has 0 atom stereocenters. The highest BCUT2D eigenvalue weighted by Gasteiger charge is 2.52. The number of hydrogen-bond donors (Lipinski definition) is 1. The Morgan fingerprint density at radius 3 is 1.90 bits per heavy atom. The highest BCUT2D eigenvalue weighted by Crippen LogP contribution is 2.37. The topological polar surface area (TPSA) is 73.9 Å². The highest BCUT2D eigenvalue weighted by atomic mass is 19.1. The maximum absolute atomic E-state index is 12.6. The molecule has 0 aromatic heterocycles. The van der Waals surface area contributed by atoms with Crippen LogP contribution in [0.25, 0.3) is 10.8 Å². The standard InChI is InChI=1S/C17H21BO2.C8H7FO.C4H9NO2.C2H6/c1-12-8-6-10-14-13(12)9-7-11-15(14)18-19-16(2,3)17(4,5)20-18;1-6-3-2-4-8(9)7(6)5-10;1-5-3-4(6)7-2;1-2/h6-11H,1-5H3;2-5H,1H3;5H,3H2,1-2H3;1-2H3. The van der Waals surface area contributed by atoms with Crippen LogP contribution in [0.15, 0.2) is 54.6 Å². The maximum Gasteiger partial charge on any atom is 0.495 e. The van der Waals surface area contributed by atoms with Gasteiger partial charge in [-0.15, -0.1) is 0 Å². The number of benzene rings is 3. The van der Waals surface area contributed by atoms with Crippen molar-refractivity contribution in [3.05, 3.63) is 77.1 Å². The summed E-state index contributed by atoms with van der Waals surface area (Å²) in [6, 6.07) is 17.3. The predicted molar refractivity (Wildman–Crippen MR) is 158 cm³/mol. The average molecular weight is 539 g/mol. The Kier molecular flexibility index (Phi) is 13.5. The number of halogens is 1. The van der Waals surface area contributed by atoms with Crippen molar-refractivity contribution >= 4 is 35.6 Å². The van der Waals surface area contributed by atoms with E-state index < -0.39 is 5.82 Å². The lowest BCUT2D eigenvalue weighted by Crippen LogP contribution is -2.41. The van der Waals surface area contributed by atoms with Gasteiger partial charge < -0.3 is 19.4 Å². The Bertz CT molecular complexity index is 1190. The van der Waals surface area contributed by atoms with Gasteiger partial charge in [-0.2, -0.15) is 0 Å². The van der Waals surface area contributed by atoms with Crippen molar-refractivity contribution in [1.29, 1.82) is 0 Å². The van der Waals surface area contributed by atoms with E-state index in [0.29, 0.717) is 11.8 Å². The second-order valence-electron chi connectivity index (χ2n) is 9.80. The zero-order chi connectivity index (χ0) is 29.8. The molecule has 0 saturated carbocycles. The average Bonchev–Trinajstić information content (AvgIpc) is 3.12. The molecular formula is C31H43BFNO5. The quantitative estimate of drug-likeness (QED) is 0.257. The van der Waals surface area contributed by atoms with Crippen LogP contribution in [0.2, 0.25) is 0 Å². The van der Waals surface area contributed by atoms with E-state index in [1.165, 1.54) is 29.5 Å². The molecule has 0 unspecified atom stereocenters. The van der Waals surface area contributed by atoms with Crippen LogP contribution in [-0.4, -0.2) is 51.3 Å². The molecule has 1 N–H and O–H groups in total. The molecule has 0 amide bonds. The molecule has 3 aromatic rings. The number of methoxy groups -OCH3 is 1. The minimum Gasteiger partial charge on any atom is -0.468 e. The number of aldehydes is 1. The number of aryl methyl sites for hydroxylation is 2. The van der Waals surface area contributed by atoms with Crippen molar-refractivity contribution < 1.29 is 28.0 Å². The Hall–Kier alpha value is -3.07. The molecule has 4 rings (SSSR count). The summed E-state index contributed by atoms with van der Waals surface area (Å²) in [6.07, 6.45) is 0.532. The van der Waals surface area contributed by atoms with Crippen LogP contribution in [0.5, 0.6) is 0 Å². The maximum atomic E-state index is 12.6. The minimum absolute atomic E-state index is 0.155. The van der Waals surface area contributed by atoms with E-state index in [-0.39, 0.29) is 36.4 Å². The van der Waals surface area contributed by atoms with Crippen molar-refractivity contribution in [3.8, 4) is 0 Å². The van der Waals surface area contributed by atoms with Gasteiger partial charge in [-0.3, -0.25) is 9.59 Å². The molecule has 6 nitrogen and oxygen atoms in total. The fourth-order valence-electron chi connectivity index (χ4n) is 3.68. The van der Waals surface area contributed by atoms with Gasteiger partial charge in [0.15, 0.2) is 6.29 Å². The Balaban J connectivity index is 0.000000335. The Labute approximate surface area is 233 Å². The summed E-state index contributed by atoms with van der Waals surface area (Å²) in [5, 5.41) is 5.12. The number of rotatable bonds is 4. The van der Waals surface area contributed by atoms with Crippen molar-refractivity contribution in [2.24, 2.45) is 0 Å². The molecule has 212 valence electrons. The normalized spacial score (nSPS) is 14.6. The van der Waals surface area contributed by atoms with E-state index in [0.717, 1.165) is 5.46 Å². The molecule has 8 heteroatoms. The molecule has 0 bridgehead atoms. The van der Waals surface area contributed by atoms with Gasteiger partial charge in [-0.05, 0) is 82.0 Å². The summed E-state index contributed by atoms with van der Waals surface area (Å²) in [7, 11) is 2.75. The SMILES string of the molecule is CC.CNCC(=O)OC.Cc1cccc(F)c1C=O.Cc1cccc2c(B3OC(C)(C)C(C)(C)O3)cccc12. The summed E-state index contributed by atoms with van der Waals surface area (Å²) in [6.45, 7) is 16.5. The van der Waals surface area contributed by atoms with Crippen LogP contribution in [0.1, 0.15) is 63.0 Å². The van der Waals surface area contributed by atoms with Crippen molar-refractivity contribution in [2.45, 2.75) is 66.6 Å². The van der Waals surface area contributed by atoms with E-state index in [9.17, 15) is 14.0 Å². The van der Waals surface area contributed by atoms with Crippen LogP contribution in [0, 0.1) is 19.7 Å². The fourth-order valence-corrected chi connectivity index (χ4v) is 3.68. The molecule has 0 spiro atoms. The second-order valence-corrected chi connectivity index (χ2v) is 9.80. The third-order valence-electron chi connectivity index (χ3n) is 6.62. The molecule has 0 radical (unpaired) electrons. The third kappa shape index (κ3) is 8.99. The first kappa shape index (κ1) is 34.0. The second kappa shape index (κ2) is 15.5. The summed E-state index contributed by atoms with van der Waals surface area (Å²) >= 11 is 0. The first-order valence-corrected chi connectivity index (χ1v) is 13.1. The van der Waals surface area contributed by atoms with Crippen LogP contribution in [0.4, 0.5) is 4.39 Å². The zero-order valence-corrected chi connectivity index (χ0v) is 25.0. The number of nitrogens with one attached hydrogen (secondary N) is 1. The minimum atomic E-state index is -0.449. The number of ether oxygens (including phenoxy) is 1. The van der Waals surface area contributed by atoms with Crippen molar-refractivity contribution in [2.75, 3.05) is 20.7 Å². The predicted octanol–water partition coefficient (Wildman–Crippen LogP) is 5.80. The van der Waals surface area contributed by atoms with Gasteiger partial charge in [0.25, 0.3) is 0 Å². The number of carbonyl (C=O) groups excluding carboxylic acids is 2. The van der Waals surface area contributed by atoms with Crippen LogP contribution >= 0.6 is 0 Å². The number of likely N-dealkylation sites (N-methyl/N-ethyl adjacent to an activating group) is 1. The van der Waals surface area contributed by atoms with E-state index in [1.807, 2.05) is 13.8 Å². The van der Waals surface area contributed by atoms with Gasteiger partial charge in [0.05, 0.1) is 30.4 Å². The lowest BCUT2D eigenvalue weighted by atomic mass is 9.76. The van der Waals surface area contributed by atoms with Gasteiger partial charge in [0.1, 0.15) is 5.82 Å². The van der Waals surface area contributed by atoms with Crippen LogP contribution < -0.4 is 10.8 Å². The zero-order valence-electron chi connectivity index (χ0n) is 25.0. The van der Waals surface area contributed by atoms with Crippen molar-refractivity contribution in [1.82, 2.24) is 5.32 Å². The monoisotopic (exact) mass is 539 g/mol. The molecule has 3 aromatic carbocycles. The summed E-state index contributed by atoms with van der Waals surface area (Å²) in [5.41, 5.74) is 2.62. The van der Waals surface area contributed by atoms with E-state index in [1.54, 1.807) is 26.1 Å². The van der Waals surface area contributed by atoms with Crippen LogP contribution in [0.3, 0.4) is 0 Å². The van der Waals surface area contributed by atoms with Gasteiger partial charge in [0, 0.05) is 0 Å². The molecule has 1 saturated heterocycles. The Morgan fingerprint density at radius 2 is 1.44 bits per heavy atom. The molecular weight excluding hydrogens is 496 g/mol. The molecule has 1 aliphatic rings. The molecule has 1 aliphatic heterocycles. The van der Waals surface area contributed by atoms with E-state index >= 15 is 0 Å². The Morgan fingerprint density at radius 1 is 0.923 bits per heavy atom.